The van der Waals surface area contributed by atoms with Gasteiger partial charge in [-0.2, -0.15) is 0 Å². The topological polar surface area (TPSA) is 88.4 Å². The Morgan fingerprint density at radius 1 is 1.00 bits per heavy atom. The Morgan fingerprint density at radius 3 is 2.42 bits per heavy atom. The second kappa shape index (κ2) is 12.4. The van der Waals surface area contributed by atoms with Gasteiger partial charge in [-0.15, -0.1) is 0 Å². The molecular formula is C28H24Cl2N2O5S. The Morgan fingerprint density at radius 2 is 1.76 bits per heavy atom. The normalized spacial score (nSPS) is 15.4. The molecule has 1 fully saturated rings. The zero-order valence-corrected chi connectivity index (χ0v) is 22.9. The lowest BCUT2D eigenvalue weighted by molar-refractivity contribution is -0.122. The second-order valence-electron chi connectivity index (χ2n) is 8.08. The molecule has 38 heavy (non-hydrogen) atoms. The quantitative estimate of drug-likeness (QED) is 0.271. The van der Waals surface area contributed by atoms with Crippen LogP contribution in [0.2, 0.25) is 10.0 Å². The second-order valence-corrected chi connectivity index (χ2v) is 9.91. The number of likely N-dealkylation sites (N-methyl/N-ethyl adjacent to an activating group) is 1. The first-order chi connectivity index (χ1) is 18.3. The predicted molar refractivity (Wildman–Crippen MR) is 152 cm³/mol. The van der Waals surface area contributed by atoms with Crippen LogP contribution in [0.15, 0.2) is 70.6 Å². The summed E-state index contributed by atoms with van der Waals surface area (Å²) >= 11 is 13.4. The van der Waals surface area contributed by atoms with Crippen molar-refractivity contribution < 1.29 is 24.2 Å². The zero-order valence-electron chi connectivity index (χ0n) is 20.6. The Kier molecular flexibility index (Phi) is 8.99. The van der Waals surface area contributed by atoms with E-state index in [1.54, 1.807) is 41.3 Å². The van der Waals surface area contributed by atoms with Gasteiger partial charge in [-0.3, -0.25) is 9.69 Å². The summed E-state index contributed by atoms with van der Waals surface area (Å²) in [4.78, 5) is 30.8. The van der Waals surface area contributed by atoms with Crippen LogP contribution >= 0.6 is 35.0 Å². The highest BCUT2D eigenvalue weighted by atomic mass is 35.5. The summed E-state index contributed by atoms with van der Waals surface area (Å²) in [5.74, 6) is -0.0478. The smallest absolute Gasteiger partial charge is 0.335 e. The van der Waals surface area contributed by atoms with Crippen molar-refractivity contribution in [3.05, 3.63) is 92.3 Å². The number of ether oxygens (including phenoxy) is 2. The first-order valence-corrected chi connectivity index (χ1v) is 13.3. The minimum absolute atomic E-state index is 0.156. The van der Waals surface area contributed by atoms with Crippen LogP contribution in [0.25, 0.3) is 6.08 Å². The van der Waals surface area contributed by atoms with Gasteiger partial charge in [0, 0.05) is 6.54 Å². The Bertz CT molecular complexity index is 1420. The molecule has 4 rings (SSSR count). The number of halogens is 2. The number of benzene rings is 3. The lowest BCUT2D eigenvalue weighted by Crippen LogP contribution is -2.28. The number of aromatic carboxylic acids is 1. The van der Waals surface area contributed by atoms with Crippen LogP contribution in [-0.2, 0) is 11.4 Å². The molecule has 0 spiro atoms. The molecule has 0 aromatic heterocycles. The monoisotopic (exact) mass is 570 g/mol. The van der Waals surface area contributed by atoms with Gasteiger partial charge in [0.05, 0.1) is 32.8 Å². The highest BCUT2D eigenvalue weighted by Gasteiger charge is 2.32. The maximum atomic E-state index is 13.1. The van der Waals surface area contributed by atoms with E-state index in [2.05, 4.69) is 4.99 Å². The average Bonchev–Trinajstić information content (AvgIpc) is 3.19. The molecule has 0 radical (unpaired) electrons. The summed E-state index contributed by atoms with van der Waals surface area (Å²) in [6.45, 7) is 4.93. The van der Waals surface area contributed by atoms with Crippen LogP contribution in [0, 0.1) is 0 Å². The predicted octanol–water partition coefficient (Wildman–Crippen LogP) is 7.29. The number of hydrogen-bond acceptors (Lipinski definition) is 6. The maximum absolute atomic E-state index is 13.1. The van der Waals surface area contributed by atoms with Crippen LogP contribution in [0.1, 0.15) is 35.3 Å². The van der Waals surface area contributed by atoms with E-state index in [1.165, 1.54) is 23.9 Å². The lowest BCUT2D eigenvalue weighted by atomic mass is 10.1. The van der Waals surface area contributed by atoms with Gasteiger partial charge in [0.1, 0.15) is 6.61 Å². The summed E-state index contributed by atoms with van der Waals surface area (Å²) < 4.78 is 11.8. The molecule has 0 unspecified atom stereocenters. The molecule has 0 atom stereocenters. The molecule has 196 valence electrons. The van der Waals surface area contributed by atoms with Crippen LogP contribution < -0.4 is 9.47 Å². The fraction of sp³-hybridized carbons (Fsp3) is 0.179. The molecule has 7 nitrogen and oxygen atoms in total. The summed E-state index contributed by atoms with van der Waals surface area (Å²) in [6, 6.07) is 17.0. The van der Waals surface area contributed by atoms with Crippen molar-refractivity contribution in [1.29, 1.82) is 0 Å². The van der Waals surface area contributed by atoms with E-state index < -0.39 is 5.97 Å². The number of carbonyl (C=O) groups is 2. The van der Waals surface area contributed by atoms with Crippen molar-refractivity contribution in [3.63, 3.8) is 0 Å². The van der Waals surface area contributed by atoms with Gasteiger partial charge >= 0.3 is 5.97 Å². The van der Waals surface area contributed by atoms with Gasteiger partial charge in [0.15, 0.2) is 16.7 Å². The van der Waals surface area contributed by atoms with Crippen molar-refractivity contribution in [2.45, 2.75) is 20.5 Å². The molecule has 0 aliphatic carbocycles. The molecule has 1 aliphatic rings. The number of aliphatic imine (C=N–C) groups is 1. The minimum atomic E-state index is -1.01. The molecule has 0 bridgehead atoms. The standard InChI is InChI=1S/C28H24Cl2N2O5S/c1-3-32-26(33)25(38-28(32)31-20-9-7-19(8-10-20)27(34)35)15-17-6-12-23(24(14-17)36-4-2)37-16-18-5-11-21(29)22(30)13-18/h5-15H,3-4,16H2,1-2H3,(H,34,35)/b25-15-,31-28?. The van der Waals surface area contributed by atoms with Gasteiger partial charge in [0.2, 0.25) is 0 Å². The SMILES string of the molecule is CCOc1cc(/C=C2\SC(=Nc3ccc(C(=O)O)cc3)N(CC)C2=O)ccc1OCc1ccc(Cl)c(Cl)c1. The number of amides is 1. The third-order valence-electron chi connectivity index (χ3n) is 5.49. The van der Waals surface area contributed by atoms with E-state index >= 15 is 0 Å². The van der Waals surface area contributed by atoms with Crippen LogP contribution in [0.4, 0.5) is 5.69 Å². The van der Waals surface area contributed by atoms with Gasteiger partial charge in [-0.25, -0.2) is 9.79 Å². The summed E-state index contributed by atoms with van der Waals surface area (Å²) in [6.07, 6.45) is 1.79. The Labute approximate surface area is 234 Å². The fourth-order valence-electron chi connectivity index (χ4n) is 3.60. The number of carbonyl (C=O) groups excluding carboxylic acids is 1. The first-order valence-electron chi connectivity index (χ1n) is 11.8. The van der Waals surface area contributed by atoms with Crippen LogP contribution in [-0.4, -0.2) is 40.2 Å². The van der Waals surface area contributed by atoms with Crippen LogP contribution in [0.5, 0.6) is 11.5 Å². The molecule has 1 heterocycles. The van der Waals surface area contributed by atoms with E-state index in [9.17, 15) is 9.59 Å². The molecule has 10 heteroatoms. The molecule has 0 saturated carbocycles. The van der Waals surface area contributed by atoms with Crippen molar-refractivity contribution in [2.75, 3.05) is 13.2 Å². The van der Waals surface area contributed by atoms with Crippen molar-refractivity contribution in [1.82, 2.24) is 4.90 Å². The maximum Gasteiger partial charge on any atom is 0.335 e. The molecule has 3 aromatic carbocycles. The highest BCUT2D eigenvalue weighted by Crippen LogP contribution is 2.36. The molecule has 1 amide bonds. The first kappa shape index (κ1) is 27.6. The van der Waals surface area contributed by atoms with E-state index in [4.69, 9.17) is 37.8 Å². The van der Waals surface area contributed by atoms with Gasteiger partial charge < -0.3 is 14.6 Å². The minimum Gasteiger partial charge on any atom is -0.490 e. The number of amidine groups is 1. The number of rotatable bonds is 9. The van der Waals surface area contributed by atoms with Crippen molar-refractivity contribution >= 4 is 63.8 Å². The Hall–Kier alpha value is -3.46. The molecule has 1 saturated heterocycles. The number of carboxylic acids is 1. The number of carboxylic acid groups (broad SMARTS) is 1. The summed E-state index contributed by atoms with van der Waals surface area (Å²) in [7, 11) is 0. The summed E-state index contributed by atoms with van der Waals surface area (Å²) in [5, 5.41) is 10.6. The molecule has 1 N–H and O–H groups in total. The molecular weight excluding hydrogens is 547 g/mol. The molecule has 3 aromatic rings. The van der Waals surface area contributed by atoms with E-state index in [0.29, 0.717) is 50.5 Å². The van der Waals surface area contributed by atoms with Crippen molar-refractivity contribution in [2.24, 2.45) is 4.99 Å². The van der Waals surface area contributed by atoms with Gasteiger partial charge in [-0.05, 0) is 91.3 Å². The third kappa shape index (κ3) is 6.51. The van der Waals surface area contributed by atoms with Gasteiger partial charge in [-0.1, -0.05) is 35.3 Å². The fourth-order valence-corrected chi connectivity index (χ4v) is 4.99. The zero-order chi connectivity index (χ0) is 27.2. The average molecular weight is 571 g/mol. The van der Waals surface area contributed by atoms with E-state index in [0.717, 1.165) is 11.1 Å². The third-order valence-corrected chi connectivity index (χ3v) is 7.23. The highest BCUT2D eigenvalue weighted by molar-refractivity contribution is 8.18. The van der Waals surface area contributed by atoms with Crippen molar-refractivity contribution in [3.8, 4) is 11.5 Å². The number of hydrogen-bond donors (Lipinski definition) is 1. The number of nitrogens with zero attached hydrogens (tertiary/aromatic N) is 2. The van der Waals surface area contributed by atoms with E-state index in [1.807, 2.05) is 32.0 Å². The summed E-state index contributed by atoms with van der Waals surface area (Å²) in [5.41, 5.74) is 2.37. The van der Waals surface area contributed by atoms with Gasteiger partial charge in [0.25, 0.3) is 5.91 Å². The Balaban J connectivity index is 1.55. The largest absolute Gasteiger partial charge is 0.490 e. The molecule has 1 aliphatic heterocycles. The van der Waals surface area contributed by atoms with E-state index in [-0.39, 0.29) is 18.1 Å². The lowest BCUT2D eigenvalue weighted by Gasteiger charge is -2.13. The number of thioether (sulfide) groups is 1. The van der Waals surface area contributed by atoms with Crippen LogP contribution in [0.3, 0.4) is 0 Å².